The number of halogens is 3. The zero-order valence-corrected chi connectivity index (χ0v) is 10.4. The van der Waals surface area contributed by atoms with E-state index in [-0.39, 0.29) is 12.0 Å². The Labute approximate surface area is 105 Å². The molecule has 0 aliphatic heterocycles. The van der Waals surface area contributed by atoms with Gasteiger partial charge in [-0.05, 0) is 37.4 Å². The van der Waals surface area contributed by atoms with Gasteiger partial charge in [-0.3, -0.25) is 0 Å². The molecule has 0 saturated heterocycles. The molecule has 2 rings (SSSR count). The summed E-state index contributed by atoms with van der Waals surface area (Å²) in [5.41, 5.74) is -0.0267. The van der Waals surface area contributed by atoms with Crippen LogP contribution in [0, 0.1) is 0 Å². The van der Waals surface area contributed by atoms with E-state index in [1.807, 2.05) is 7.05 Å². The van der Waals surface area contributed by atoms with Gasteiger partial charge in [0, 0.05) is 6.04 Å². The molecule has 1 aromatic carbocycles. The Kier molecular flexibility index (Phi) is 3.95. The van der Waals surface area contributed by atoms with E-state index < -0.39 is 11.7 Å². The van der Waals surface area contributed by atoms with Crippen LogP contribution < -0.4 is 5.32 Å². The van der Waals surface area contributed by atoms with Crippen LogP contribution in [0.4, 0.5) is 13.2 Å². The lowest BCUT2D eigenvalue weighted by molar-refractivity contribution is -0.138. The average molecular weight is 257 g/mol. The van der Waals surface area contributed by atoms with Gasteiger partial charge in [-0.25, -0.2) is 0 Å². The molecule has 2 unspecified atom stereocenters. The van der Waals surface area contributed by atoms with E-state index >= 15 is 0 Å². The number of rotatable bonds is 2. The molecule has 0 aromatic heterocycles. The molecule has 1 aromatic rings. The first kappa shape index (κ1) is 13.4. The summed E-state index contributed by atoms with van der Waals surface area (Å²) in [6, 6.07) is 6.14. The second kappa shape index (κ2) is 5.31. The van der Waals surface area contributed by atoms with Crippen LogP contribution in [0.1, 0.15) is 42.7 Å². The molecule has 0 bridgehead atoms. The van der Waals surface area contributed by atoms with Crippen molar-refractivity contribution in [2.75, 3.05) is 7.05 Å². The lowest BCUT2D eigenvalue weighted by Crippen LogP contribution is -2.35. The predicted molar refractivity (Wildman–Crippen MR) is 65.5 cm³/mol. The van der Waals surface area contributed by atoms with E-state index in [1.54, 1.807) is 12.1 Å². The minimum Gasteiger partial charge on any atom is -0.316 e. The smallest absolute Gasteiger partial charge is 0.316 e. The normalized spacial score (nSPS) is 25.1. The fourth-order valence-electron chi connectivity index (χ4n) is 2.93. The molecule has 100 valence electrons. The molecule has 1 aliphatic carbocycles. The van der Waals surface area contributed by atoms with E-state index in [4.69, 9.17) is 0 Å². The summed E-state index contributed by atoms with van der Waals surface area (Å²) in [5, 5.41) is 3.16. The highest BCUT2D eigenvalue weighted by Crippen LogP contribution is 2.40. The van der Waals surface area contributed by atoms with E-state index in [1.165, 1.54) is 12.1 Å². The summed E-state index contributed by atoms with van der Waals surface area (Å²) in [6.45, 7) is 0. The van der Waals surface area contributed by atoms with Gasteiger partial charge in [0.1, 0.15) is 0 Å². The standard InChI is InChI=1S/C14H18F3N/c1-18-13-9-5-3-7-11(13)10-6-2-4-8-12(10)14(15,16)17/h2,4,6,8,11,13,18H,3,5,7,9H2,1H3. The monoisotopic (exact) mass is 257 g/mol. The van der Waals surface area contributed by atoms with Crippen LogP contribution >= 0.6 is 0 Å². The van der Waals surface area contributed by atoms with Crippen LogP contribution in [0.5, 0.6) is 0 Å². The summed E-state index contributed by atoms with van der Waals surface area (Å²) >= 11 is 0. The Morgan fingerprint density at radius 3 is 2.44 bits per heavy atom. The molecular weight excluding hydrogens is 239 g/mol. The maximum atomic E-state index is 13.0. The van der Waals surface area contributed by atoms with Crippen molar-refractivity contribution < 1.29 is 13.2 Å². The summed E-state index contributed by atoms with van der Waals surface area (Å²) in [4.78, 5) is 0. The van der Waals surface area contributed by atoms with Gasteiger partial charge in [0.2, 0.25) is 0 Å². The first-order chi connectivity index (χ1) is 8.54. The summed E-state index contributed by atoms with van der Waals surface area (Å²) in [7, 11) is 1.83. The van der Waals surface area contributed by atoms with Crippen LogP contribution in [-0.4, -0.2) is 13.1 Å². The summed E-state index contributed by atoms with van der Waals surface area (Å²) in [6.07, 6.45) is -0.372. The van der Waals surface area contributed by atoms with E-state index in [9.17, 15) is 13.2 Å². The molecule has 0 spiro atoms. The van der Waals surface area contributed by atoms with Gasteiger partial charge >= 0.3 is 6.18 Å². The Bertz CT molecular complexity index is 400. The minimum atomic E-state index is -4.26. The number of nitrogens with one attached hydrogen (secondary N) is 1. The third-order valence-corrected chi connectivity index (χ3v) is 3.80. The lowest BCUT2D eigenvalue weighted by Gasteiger charge is -2.33. The van der Waals surface area contributed by atoms with Crippen molar-refractivity contribution in [1.82, 2.24) is 5.32 Å². The highest BCUT2D eigenvalue weighted by Gasteiger charge is 2.37. The molecule has 0 radical (unpaired) electrons. The predicted octanol–water partition coefficient (Wildman–Crippen LogP) is 3.95. The van der Waals surface area contributed by atoms with Gasteiger partial charge < -0.3 is 5.32 Å². The average Bonchev–Trinajstić information content (AvgIpc) is 2.37. The second-order valence-electron chi connectivity index (χ2n) is 4.87. The minimum absolute atomic E-state index is 0.0263. The van der Waals surface area contributed by atoms with Crippen molar-refractivity contribution in [3.8, 4) is 0 Å². The fraction of sp³-hybridized carbons (Fsp3) is 0.571. The van der Waals surface area contributed by atoms with Crippen molar-refractivity contribution in [3.05, 3.63) is 35.4 Å². The maximum absolute atomic E-state index is 13.0. The van der Waals surface area contributed by atoms with Gasteiger partial charge in [-0.15, -0.1) is 0 Å². The van der Waals surface area contributed by atoms with Crippen LogP contribution in [0.15, 0.2) is 24.3 Å². The highest BCUT2D eigenvalue weighted by molar-refractivity contribution is 5.34. The van der Waals surface area contributed by atoms with E-state index in [0.717, 1.165) is 25.7 Å². The number of hydrogen-bond acceptors (Lipinski definition) is 1. The first-order valence-electron chi connectivity index (χ1n) is 6.37. The zero-order valence-electron chi connectivity index (χ0n) is 10.4. The van der Waals surface area contributed by atoms with Crippen LogP contribution in [-0.2, 0) is 6.18 Å². The fourth-order valence-corrected chi connectivity index (χ4v) is 2.93. The molecule has 1 aliphatic rings. The van der Waals surface area contributed by atoms with Gasteiger partial charge in [-0.1, -0.05) is 31.0 Å². The third-order valence-electron chi connectivity index (χ3n) is 3.80. The molecule has 1 nitrogen and oxygen atoms in total. The quantitative estimate of drug-likeness (QED) is 0.845. The number of alkyl halides is 3. The van der Waals surface area contributed by atoms with Crippen molar-refractivity contribution in [2.24, 2.45) is 0 Å². The Morgan fingerprint density at radius 2 is 1.78 bits per heavy atom. The SMILES string of the molecule is CNC1CCCCC1c1ccccc1C(F)(F)F. The lowest BCUT2D eigenvalue weighted by atomic mass is 9.78. The number of hydrogen-bond donors (Lipinski definition) is 1. The molecule has 1 fully saturated rings. The maximum Gasteiger partial charge on any atom is 0.416 e. The largest absolute Gasteiger partial charge is 0.416 e. The molecule has 18 heavy (non-hydrogen) atoms. The molecule has 0 amide bonds. The summed E-state index contributed by atoms with van der Waals surface area (Å²) in [5.74, 6) is -0.0263. The van der Waals surface area contributed by atoms with E-state index in [2.05, 4.69) is 5.32 Å². The van der Waals surface area contributed by atoms with E-state index in [0.29, 0.717) is 5.56 Å². The third kappa shape index (κ3) is 2.69. The van der Waals surface area contributed by atoms with Gasteiger partial charge in [0.25, 0.3) is 0 Å². The molecular formula is C14H18F3N. The first-order valence-corrected chi connectivity index (χ1v) is 6.37. The molecule has 1 N–H and O–H groups in total. The van der Waals surface area contributed by atoms with Crippen molar-refractivity contribution >= 4 is 0 Å². The molecule has 4 heteroatoms. The van der Waals surface area contributed by atoms with Crippen LogP contribution in [0.25, 0.3) is 0 Å². The molecule has 1 saturated carbocycles. The Morgan fingerprint density at radius 1 is 1.11 bits per heavy atom. The van der Waals surface area contributed by atoms with Crippen LogP contribution in [0.2, 0.25) is 0 Å². The van der Waals surface area contributed by atoms with Crippen molar-refractivity contribution in [2.45, 2.75) is 43.8 Å². The number of benzene rings is 1. The topological polar surface area (TPSA) is 12.0 Å². The Balaban J connectivity index is 2.37. The highest BCUT2D eigenvalue weighted by atomic mass is 19.4. The van der Waals surface area contributed by atoms with Gasteiger partial charge in [0.15, 0.2) is 0 Å². The Hall–Kier alpha value is -1.03. The van der Waals surface area contributed by atoms with Gasteiger partial charge in [-0.2, -0.15) is 13.2 Å². The van der Waals surface area contributed by atoms with Crippen molar-refractivity contribution in [3.63, 3.8) is 0 Å². The van der Waals surface area contributed by atoms with Gasteiger partial charge in [0.05, 0.1) is 5.56 Å². The number of likely N-dealkylation sites (N-methyl/N-ethyl adjacent to an activating group) is 1. The molecule has 2 atom stereocenters. The zero-order chi connectivity index (χ0) is 13.2. The summed E-state index contributed by atoms with van der Waals surface area (Å²) < 4.78 is 39.0. The second-order valence-corrected chi connectivity index (χ2v) is 4.87. The van der Waals surface area contributed by atoms with Crippen molar-refractivity contribution in [1.29, 1.82) is 0 Å². The van der Waals surface area contributed by atoms with Crippen LogP contribution in [0.3, 0.4) is 0 Å². The molecule has 0 heterocycles.